The minimum atomic E-state index is -0.621. The zero-order valence-corrected chi connectivity index (χ0v) is 14.2. The Balaban J connectivity index is 2.01. The van der Waals surface area contributed by atoms with E-state index in [2.05, 4.69) is 15.8 Å². The number of nitro benzene ring substituents is 1. The third-order valence-corrected chi connectivity index (χ3v) is 3.50. The summed E-state index contributed by atoms with van der Waals surface area (Å²) in [5.74, 6) is -0.788. The summed E-state index contributed by atoms with van der Waals surface area (Å²) in [7, 11) is 1.28. The van der Waals surface area contributed by atoms with Gasteiger partial charge in [0.15, 0.2) is 11.5 Å². The van der Waals surface area contributed by atoms with Gasteiger partial charge in [0.05, 0.1) is 30.9 Å². The molecule has 0 radical (unpaired) electrons. The lowest BCUT2D eigenvalue weighted by Crippen LogP contribution is -2.26. The van der Waals surface area contributed by atoms with Gasteiger partial charge < -0.3 is 15.2 Å². The van der Waals surface area contributed by atoms with Crippen molar-refractivity contribution in [1.29, 1.82) is 0 Å². The van der Waals surface area contributed by atoms with Crippen molar-refractivity contribution in [2.75, 3.05) is 19.0 Å². The van der Waals surface area contributed by atoms with Gasteiger partial charge in [0, 0.05) is 17.3 Å². The van der Waals surface area contributed by atoms with Gasteiger partial charge in [-0.3, -0.25) is 14.9 Å². The van der Waals surface area contributed by atoms with Crippen LogP contribution in [0.5, 0.6) is 11.5 Å². The van der Waals surface area contributed by atoms with E-state index in [1.807, 2.05) is 31.2 Å². The van der Waals surface area contributed by atoms with Crippen LogP contribution in [0.2, 0.25) is 0 Å². The molecule has 9 heteroatoms. The number of hydrazone groups is 1. The van der Waals surface area contributed by atoms with E-state index in [1.165, 1.54) is 7.11 Å². The number of carbonyl (C=O) groups excluding carboxylic acids is 1. The van der Waals surface area contributed by atoms with Crippen molar-refractivity contribution in [3.63, 3.8) is 0 Å². The van der Waals surface area contributed by atoms with E-state index in [0.29, 0.717) is 0 Å². The van der Waals surface area contributed by atoms with Gasteiger partial charge in [0.25, 0.3) is 11.6 Å². The second-order valence-electron chi connectivity index (χ2n) is 5.30. The predicted octanol–water partition coefficient (Wildman–Crippen LogP) is 2.18. The maximum atomic E-state index is 11.8. The van der Waals surface area contributed by atoms with E-state index in [4.69, 9.17) is 4.74 Å². The van der Waals surface area contributed by atoms with Crippen LogP contribution in [0.4, 0.5) is 11.4 Å². The van der Waals surface area contributed by atoms with Crippen molar-refractivity contribution >= 4 is 23.5 Å². The fourth-order valence-electron chi connectivity index (χ4n) is 2.13. The van der Waals surface area contributed by atoms with Crippen LogP contribution >= 0.6 is 0 Å². The second-order valence-corrected chi connectivity index (χ2v) is 5.30. The average molecular weight is 358 g/mol. The summed E-state index contributed by atoms with van der Waals surface area (Å²) in [5, 5.41) is 27.6. The SMILES string of the molecule is COc1cc([N+](=O)[O-])cc(/C=N\NC(=O)CNc2ccccc2C)c1O. The molecular formula is C17H18N4O5. The number of nitrogens with one attached hydrogen (secondary N) is 2. The number of nitro groups is 1. The first kappa shape index (κ1) is 18.7. The molecule has 1 amide bonds. The Hall–Kier alpha value is -3.62. The minimum Gasteiger partial charge on any atom is -0.504 e. The van der Waals surface area contributed by atoms with E-state index in [9.17, 15) is 20.0 Å². The van der Waals surface area contributed by atoms with Gasteiger partial charge >= 0.3 is 0 Å². The highest BCUT2D eigenvalue weighted by Crippen LogP contribution is 2.33. The number of phenolic OH excluding ortho intramolecular Hbond substituents is 1. The molecule has 0 aromatic heterocycles. The molecule has 0 bridgehead atoms. The van der Waals surface area contributed by atoms with E-state index in [-0.39, 0.29) is 29.3 Å². The molecule has 0 saturated heterocycles. The van der Waals surface area contributed by atoms with Crippen molar-refractivity contribution < 1.29 is 19.6 Å². The van der Waals surface area contributed by atoms with Crippen LogP contribution in [-0.2, 0) is 4.79 Å². The zero-order valence-electron chi connectivity index (χ0n) is 14.2. The number of nitrogens with zero attached hydrogens (tertiary/aromatic N) is 2. The Kier molecular flexibility index (Phi) is 6.10. The fraction of sp³-hybridized carbons (Fsp3) is 0.176. The largest absolute Gasteiger partial charge is 0.504 e. The molecule has 2 aromatic rings. The molecule has 0 aliphatic rings. The molecule has 0 heterocycles. The number of anilines is 1. The number of non-ortho nitro benzene ring substituents is 1. The summed E-state index contributed by atoms with van der Waals surface area (Å²) < 4.78 is 4.89. The fourth-order valence-corrected chi connectivity index (χ4v) is 2.13. The van der Waals surface area contributed by atoms with Crippen LogP contribution in [-0.4, -0.2) is 35.8 Å². The standard InChI is InChI=1S/C17H18N4O5/c1-11-5-3-4-6-14(11)18-10-16(22)20-19-9-12-7-13(21(24)25)8-15(26-2)17(12)23/h3-9,18,23H,10H2,1-2H3,(H,20,22)/b19-9-. The molecular weight excluding hydrogens is 340 g/mol. The molecule has 26 heavy (non-hydrogen) atoms. The monoisotopic (exact) mass is 358 g/mol. The lowest BCUT2D eigenvalue weighted by Gasteiger charge is -2.08. The van der Waals surface area contributed by atoms with Gasteiger partial charge in [0.1, 0.15) is 0 Å². The number of ether oxygens (including phenoxy) is 1. The van der Waals surface area contributed by atoms with Gasteiger partial charge in [-0.2, -0.15) is 5.10 Å². The van der Waals surface area contributed by atoms with Crippen LogP contribution in [0.25, 0.3) is 0 Å². The Labute approximate surface area is 149 Å². The maximum Gasteiger partial charge on any atom is 0.274 e. The van der Waals surface area contributed by atoms with E-state index in [1.54, 1.807) is 0 Å². The predicted molar refractivity (Wildman–Crippen MR) is 96.7 cm³/mol. The second kappa shape index (κ2) is 8.47. The Morgan fingerprint density at radius 3 is 2.77 bits per heavy atom. The van der Waals surface area contributed by atoms with Crippen molar-refractivity contribution in [2.24, 2.45) is 5.10 Å². The molecule has 136 valence electrons. The summed E-state index contributed by atoms with van der Waals surface area (Å²) in [4.78, 5) is 22.1. The molecule has 0 unspecified atom stereocenters. The lowest BCUT2D eigenvalue weighted by molar-refractivity contribution is -0.385. The first-order chi connectivity index (χ1) is 12.4. The number of phenols is 1. The first-order valence-electron chi connectivity index (χ1n) is 7.59. The zero-order chi connectivity index (χ0) is 19.1. The normalized spacial score (nSPS) is 10.5. The third-order valence-electron chi connectivity index (χ3n) is 3.50. The van der Waals surface area contributed by atoms with Crippen LogP contribution < -0.4 is 15.5 Å². The summed E-state index contributed by atoms with van der Waals surface area (Å²) in [6.45, 7) is 1.91. The summed E-state index contributed by atoms with van der Waals surface area (Å²) in [5.41, 5.74) is 3.88. The molecule has 2 rings (SSSR count). The van der Waals surface area contributed by atoms with E-state index < -0.39 is 10.8 Å². The van der Waals surface area contributed by atoms with E-state index >= 15 is 0 Å². The number of aromatic hydroxyl groups is 1. The highest BCUT2D eigenvalue weighted by Gasteiger charge is 2.15. The number of amides is 1. The molecule has 0 spiro atoms. The van der Waals surface area contributed by atoms with Gasteiger partial charge in [-0.1, -0.05) is 18.2 Å². The molecule has 9 nitrogen and oxygen atoms in total. The summed E-state index contributed by atoms with van der Waals surface area (Å²) >= 11 is 0. The highest BCUT2D eigenvalue weighted by molar-refractivity contribution is 5.88. The summed E-state index contributed by atoms with van der Waals surface area (Å²) in [6.07, 6.45) is 1.11. The molecule has 3 N–H and O–H groups in total. The Morgan fingerprint density at radius 2 is 2.12 bits per heavy atom. The summed E-state index contributed by atoms with van der Waals surface area (Å²) in [6, 6.07) is 9.72. The number of rotatable bonds is 7. The smallest absolute Gasteiger partial charge is 0.274 e. The number of aryl methyl sites for hydroxylation is 1. The number of carbonyl (C=O) groups is 1. The molecule has 0 atom stereocenters. The molecule has 0 fully saturated rings. The van der Waals surface area contributed by atoms with Gasteiger partial charge in [-0.15, -0.1) is 0 Å². The average Bonchev–Trinajstić information content (AvgIpc) is 2.62. The van der Waals surface area contributed by atoms with Crippen molar-refractivity contribution in [2.45, 2.75) is 6.92 Å². The van der Waals surface area contributed by atoms with Crippen molar-refractivity contribution in [1.82, 2.24) is 5.43 Å². The quantitative estimate of drug-likeness (QED) is 0.396. The van der Waals surface area contributed by atoms with Crippen LogP contribution in [0.3, 0.4) is 0 Å². The van der Waals surface area contributed by atoms with Crippen LogP contribution in [0.1, 0.15) is 11.1 Å². The number of hydrogen-bond donors (Lipinski definition) is 3. The first-order valence-corrected chi connectivity index (χ1v) is 7.59. The number of hydrogen-bond acceptors (Lipinski definition) is 7. The molecule has 0 aliphatic carbocycles. The van der Waals surface area contributed by atoms with Gasteiger partial charge in [0.2, 0.25) is 0 Å². The Bertz CT molecular complexity index is 851. The van der Waals surface area contributed by atoms with Gasteiger partial charge in [-0.05, 0) is 18.6 Å². The lowest BCUT2D eigenvalue weighted by atomic mass is 10.2. The van der Waals surface area contributed by atoms with Crippen molar-refractivity contribution in [3.05, 3.63) is 57.6 Å². The molecule has 0 aliphatic heterocycles. The number of methoxy groups -OCH3 is 1. The van der Waals surface area contributed by atoms with Crippen molar-refractivity contribution in [3.8, 4) is 11.5 Å². The minimum absolute atomic E-state index is 0.00751. The van der Waals surface area contributed by atoms with Crippen LogP contribution in [0, 0.1) is 17.0 Å². The number of para-hydroxylation sites is 1. The van der Waals surface area contributed by atoms with Gasteiger partial charge in [-0.25, -0.2) is 5.43 Å². The molecule has 0 saturated carbocycles. The third kappa shape index (κ3) is 4.69. The Morgan fingerprint density at radius 1 is 1.38 bits per heavy atom. The topological polar surface area (TPSA) is 126 Å². The maximum absolute atomic E-state index is 11.8. The van der Waals surface area contributed by atoms with E-state index in [0.717, 1.165) is 29.6 Å². The molecule has 2 aromatic carbocycles. The number of benzene rings is 2. The van der Waals surface area contributed by atoms with Crippen LogP contribution in [0.15, 0.2) is 41.5 Å². The highest BCUT2D eigenvalue weighted by atomic mass is 16.6.